The van der Waals surface area contributed by atoms with Crippen molar-refractivity contribution in [3.63, 3.8) is 0 Å². The maximum absolute atomic E-state index is 11.3. The minimum atomic E-state index is 0.248. The van der Waals surface area contributed by atoms with Gasteiger partial charge in [-0.2, -0.15) is 0 Å². The predicted molar refractivity (Wildman–Crippen MR) is 47.9 cm³/mol. The molecule has 2 nitrogen and oxygen atoms in total. The number of hydrogen-bond donors (Lipinski definition) is 0. The van der Waals surface area contributed by atoms with Gasteiger partial charge in [-0.25, -0.2) is 0 Å². The van der Waals surface area contributed by atoms with Crippen LogP contribution in [0.15, 0.2) is 0 Å². The second-order valence-electron chi connectivity index (χ2n) is 5.11. The molecule has 68 valence electrons. The van der Waals surface area contributed by atoms with E-state index in [1.165, 1.54) is 0 Å². The van der Waals surface area contributed by atoms with E-state index in [1.54, 1.807) is 0 Å². The first-order valence-electron chi connectivity index (χ1n) is 4.77. The van der Waals surface area contributed by atoms with Crippen molar-refractivity contribution < 1.29 is 4.79 Å². The van der Waals surface area contributed by atoms with E-state index in [0.29, 0.717) is 17.6 Å². The van der Waals surface area contributed by atoms with E-state index in [0.717, 1.165) is 19.5 Å². The molecule has 3 fully saturated rings. The summed E-state index contributed by atoms with van der Waals surface area (Å²) in [6.07, 6.45) is 1.16. The predicted octanol–water partition coefficient (Wildman–Crippen LogP) is 1.31. The van der Waals surface area contributed by atoms with Gasteiger partial charge in [0.05, 0.1) is 0 Å². The molecule has 1 aliphatic carbocycles. The molecule has 0 aromatic carbocycles. The Kier molecular flexibility index (Phi) is 1.59. The van der Waals surface area contributed by atoms with Crippen LogP contribution in [0, 0.1) is 11.8 Å². The molecule has 2 saturated heterocycles. The number of ketones is 1. The van der Waals surface area contributed by atoms with Gasteiger partial charge in [-0.05, 0) is 27.2 Å². The van der Waals surface area contributed by atoms with Crippen LogP contribution in [0.5, 0.6) is 0 Å². The average molecular weight is 167 g/mol. The maximum atomic E-state index is 11.3. The molecule has 12 heavy (non-hydrogen) atoms. The molecule has 2 aliphatic heterocycles. The summed E-state index contributed by atoms with van der Waals surface area (Å²) < 4.78 is 0. The van der Waals surface area contributed by atoms with Gasteiger partial charge in [0.15, 0.2) is 0 Å². The molecule has 2 bridgehead atoms. The van der Waals surface area contributed by atoms with Crippen LogP contribution < -0.4 is 0 Å². The van der Waals surface area contributed by atoms with E-state index < -0.39 is 0 Å². The lowest BCUT2D eigenvalue weighted by Gasteiger charge is -2.50. The molecule has 3 rings (SSSR count). The van der Waals surface area contributed by atoms with Gasteiger partial charge in [-0.1, -0.05) is 0 Å². The monoisotopic (exact) mass is 167 g/mol. The fourth-order valence-electron chi connectivity index (χ4n) is 2.23. The molecule has 2 atom stereocenters. The van der Waals surface area contributed by atoms with E-state index in [4.69, 9.17) is 0 Å². The minimum absolute atomic E-state index is 0.248. The second-order valence-corrected chi connectivity index (χ2v) is 5.11. The first-order chi connectivity index (χ1) is 5.48. The number of carbonyl (C=O) groups excluding carboxylic acids is 1. The van der Waals surface area contributed by atoms with Crippen LogP contribution in [0.25, 0.3) is 0 Å². The first kappa shape index (κ1) is 8.24. The molecule has 0 radical (unpaired) electrons. The van der Waals surface area contributed by atoms with Crippen molar-refractivity contribution in [2.45, 2.75) is 32.7 Å². The van der Waals surface area contributed by atoms with E-state index in [9.17, 15) is 4.79 Å². The van der Waals surface area contributed by atoms with Crippen LogP contribution >= 0.6 is 0 Å². The quantitative estimate of drug-likeness (QED) is 0.542. The Morgan fingerprint density at radius 3 is 2.08 bits per heavy atom. The number of nitrogens with zero attached hydrogens (tertiary/aromatic N) is 1. The van der Waals surface area contributed by atoms with Crippen LogP contribution in [0.1, 0.15) is 27.2 Å². The summed E-state index contributed by atoms with van der Waals surface area (Å²) in [5, 5.41) is 0. The molecule has 3 aliphatic rings. The van der Waals surface area contributed by atoms with Crippen molar-refractivity contribution in [1.29, 1.82) is 0 Å². The summed E-state index contributed by atoms with van der Waals surface area (Å²) in [5.41, 5.74) is 0.248. The lowest BCUT2D eigenvalue weighted by atomic mass is 9.69. The zero-order chi connectivity index (χ0) is 8.93. The van der Waals surface area contributed by atoms with Crippen molar-refractivity contribution in [2.75, 3.05) is 13.1 Å². The van der Waals surface area contributed by atoms with Gasteiger partial charge in [-0.15, -0.1) is 0 Å². The molecule has 0 aromatic rings. The Bertz CT molecular complexity index is 202. The Balaban J connectivity index is 2.04. The number of Topliss-reactive ketones (excluding diaryl/α,β-unsaturated/α-hetero) is 1. The fraction of sp³-hybridized carbons (Fsp3) is 0.900. The van der Waals surface area contributed by atoms with Crippen molar-refractivity contribution in [3.8, 4) is 0 Å². The molecule has 0 unspecified atom stereocenters. The van der Waals surface area contributed by atoms with Gasteiger partial charge >= 0.3 is 0 Å². The summed E-state index contributed by atoms with van der Waals surface area (Å²) >= 11 is 0. The lowest BCUT2D eigenvalue weighted by molar-refractivity contribution is -0.146. The second kappa shape index (κ2) is 2.32. The Morgan fingerprint density at radius 2 is 1.75 bits per heavy atom. The maximum Gasteiger partial charge on any atom is 0.141 e. The number of hydrogen-bond acceptors (Lipinski definition) is 2. The van der Waals surface area contributed by atoms with Crippen molar-refractivity contribution in [3.05, 3.63) is 0 Å². The number of carbonyl (C=O) groups is 1. The minimum Gasteiger partial charge on any atom is -0.299 e. The molecule has 0 N–H and O–H groups in total. The zero-order valence-electron chi connectivity index (χ0n) is 8.13. The van der Waals surface area contributed by atoms with E-state index in [-0.39, 0.29) is 5.54 Å². The molecular weight excluding hydrogens is 150 g/mol. The Morgan fingerprint density at radius 1 is 1.25 bits per heavy atom. The third-order valence-corrected chi connectivity index (χ3v) is 3.20. The molecular formula is C10H17NO. The highest BCUT2D eigenvalue weighted by Crippen LogP contribution is 2.38. The number of piperidine rings is 2. The molecule has 0 aromatic heterocycles. The van der Waals surface area contributed by atoms with Crippen molar-refractivity contribution >= 4 is 5.78 Å². The summed E-state index contributed by atoms with van der Waals surface area (Å²) in [5.74, 6) is 1.28. The summed E-state index contributed by atoms with van der Waals surface area (Å²) in [7, 11) is 0. The number of fused-ring (bicyclic) bond motifs is 2. The van der Waals surface area contributed by atoms with Gasteiger partial charge in [0.1, 0.15) is 5.78 Å². The number of rotatable bonds is 0. The molecule has 0 amide bonds. The summed E-state index contributed by atoms with van der Waals surface area (Å²) in [6.45, 7) is 8.67. The van der Waals surface area contributed by atoms with Crippen molar-refractivity contribution in [2.24, 2.45) is 11.8 Å². The molecule has 1 saturated carbocycles. The Hall–Kier alpha value is -0.370. The van der Waals surface area contributed by atoms with Crippen molar-refractivity contribution in [1.82, 2.24) is 4.90 Å². The summed E-state index contributed by atoms with van der Waals surface area (Å²) in [6, 6.07) is 0. The average Bonchev–Trinajstić information content (AvgIpc) is 2.02. The van der Waals surface area contributed by atoms with Gasteiger partial charge in [0, 0.05) is 30.5 Å². The van der Waals surface area contributed by atoms with Crippen LogP contribution in [0.2, 0.25) is 0 Å². The van der Waals surface area contributed by atoms with Gasteiger partial charge in [0.2, 0.25) is 0 Å². The summed E-state index contributed by atoms with van der Waals surface area (Å²) in [4.78, 5) is 13.7. The highest BCUT2D eigenvalue weighted by Gasteiger charge is 2.47. The lowest BCUT2D eigenvalue weighted by Crippen LogP contribution is -2.60. The van der Waals surface area contributed by atoms with Gasteiger partial charge in [0.25, 0.3) is 0 Å². The van der Waals surface area contributed by atoms with Gasteiger partial charge in [-0.3, -0.25) is 9.69 Å². The standard InChI is InChI=1S/C10H17NO/c1-10(2,3)11-5-7-4-8(6-11)9(7)12/h7-8H,4-6H2,1-3H3/t7-,8+. The smallest absolute Gasteiger partial charge is 0.141 e. The van der Waals surface area contributed by atoms with Crippen LogP contribution in [-0.4, -0.2) is 29.3 Å². The third-order valence-electron chi connectivity index (χ3n) is 3.20. The first-order valence-corrected chi connectivity index (χ1v) is 4.77. The highest BCUT2D eigenvalue weighted by atomic mass is 16.1. The van der Waals surface area contributed by atoms with E-state index in [2.05, 4.69) is 25.7 Å². The largest absolute Gasteiger partial charge is 0.299 e. The SMILES string of the molecule is CC(C)(C)N1C[C@H]2C[C@@H](C1)C2=O. The molecule has 0 spiro atoms. The van der Waals surface area contributed by atoms with E-state index >= 15 is 0 Å². The van der Waals surface area contributed by atoms with E-state index in [1.807, 2.05) is 0 Å². The normalized spacial score (nSPS) is 36.4. The third kappa shape index (κ3) is 1.09. The van der Waals surface area contributed by atoms with Gasteiger partial charge < -0.3 is 0 Å². The highest BCUT2D eigenvalue weighted by molar-refractivity contribution is 5.90. The molecule has 2 heterocycles. The Labute approximate surface area is 73.9 Å². The molecule has 2 heteroatoms. The van der Waals surface area contributed by atoms with Crippen LogP contribution in [0.3, 0.4) is 0 Å². The topological polar surface area (TPSA) is 20.3 Å². The zero-order valence-corrected chi connectivity index (χ0v) is 8.13. The van der Waals surface area contributed by atoms with Crippen LogP contribution in [0.4, 0.5) is 0 Å². The fourth-order valence-corrected chi connectivity index (χ4v) is 2.23. The van der Waals surface area contributed by atoms with Crippen LogP contribution in [-0.2, 0) is 4.79 Å².